The summed E-state index contributed by atoms with van der Waals surface area (Å²) in [4.78, 5) is 49.7. The van der Waals surface area contributed by atoms with E-state index in [1.54, 1.807) is 48.5 Å². The van der Waals surface area contributed by atoms with Crippen LogP contribution in [0.3, 0.4) is 0 Å². The minimum absolute atomic E-state index is 0.0448. The van der Waals surface area contributed by atoms with Gasteiger partial charge in [0, 0.05) is 10.7 Å². The van der Waals surface area contributed by atoms with E-state index in [0.29, 0.717) is 16.3 Å². The van der Waals surface area contributed by atoms with E-state index in [1.165, 1.54) is 24.5 Å². The number of para-hydroxylation sites is 2. The van der Waals surface area contributed by atoms with Crippen LogP contribution in [0, 0.1) is 0 Å². The third-order valence-corrected chi connectivity index (χ3v) is 5.02. The molecule has 0 saturated heterocycles. The molecular formula is C25H17ClN4O5. The molecule has 10 heteroatoms. The molecule has 0 unspecified atom stereocenters. The zero-order valence-corrected chi connectivity index (χ0v) is 18.7. The maximum Gasteiger partial charge on any atom is 0.329 e. The van der Waals surface area contributed by atoms with Gasteiger partial charge in [0.1, 0.15) is 11.8 Å². The smallest absolute Gasteiger partial charge is 0.329 e. The molecule has 3 N–H and O–H groups in total. The zero-order valence-electron chi connectivity index (χ0n) is 17.9. The molecule has 4 aromatic rings. The molecule has 0 fully saturated rings. The second kappa shape index (κ2) is 10.4. The molecule has 0 aliphatic carbocycles. The van der Waals surface area contributed by atoms with Crippen LogP contribution in [0.25, 0.3) is 11.0 Å². The van der Waals surface area contributed by atoms with Gasteiger partial charge < -0.3 is 15.1 Å². The quantitative estimate of drug-likeness (QED) is 0.223. The van der Waals surface area contributed by atoms with E-state index in [2.05, 4.69) is 15.7 Å². The molecule has 0 aliphatic heterocycles. The number of nitrogens with one attached hydrogen (secondary N) is 3. The molecule has 0 radical (unpaired) electrons. The van der Waals surface area contributed by atoms with Crippen LogP contribution in [0.15, 0.2) is 93.4 Å². The highest BCUT2D eigenvalue weighted by molar-refractivity contribution is 6.40. The van der Waals surface area contributed by atoms with E-state index in [0.717, 1.165) is 6.21 Å². The Kier molecular flexibility index (Phi) is 6.99. The summed E-state index contributed by atoms with van der Waals surface area (Å²) in [6.45, 7) is 0. The molecule has 0 aliphatic rings. The Labute approximate surface area is 203 Å². The number of carbonyl (C=O) groups excluding carboxylic acids is 3. The van der Waals surface area contributed by atoms with Gasteiger partial charge in [-0.1, -0.05) is 41.9 Å². The van der Waals surface area contributed by atoms with Gasteiger partial charge in [-0.15, -0.1) is 0 Å². The van der Waals surface area contributed by atoms with E-state index in [4.69, 9.17) is 16.0 Å². The van der Waals surface area contributed by atoms with Crippen molar-refractivity contribution in [1.29, 1.82) is 0 Å². The van der Waals surface area contributed by atoms with Crippen molar-refractivity contribution in [2.75, 3.05) is 10.6 Å². The SMILES string of the molecule is O=C(N/N=C/c1coc2ccc(Cl)cc2c1=O)C(=O)Nc1ccccc1C(=O)Nc1ccccc1. The lowest BCUT2D eigenvalue weighted by Gasteiger charge is -2.11. The number of hydrogen-bond donors (Lipinski definition) is 3. The Hall–Kier alpha value is -4.76. The first-order chi connectivity index (χ1) is 16.9. The number of anilines is 2. The van der Waals surface area contributed by atoms with Crippen molar-refractivity contribution < 1.29 is 18.8 Å². The van der Waals surface area contributed by atoms with Gasteiger partial charge in [0.25, 0.3) is 5.91 Å². The van der Waals surface area contributed by atoms with Crippen molar-refractivity contribution in [3.05, 3.63) is 105 Å². The lowest BCUT2D eigenvalue weighted by molar-refractivity contribution is -0.136. The number of rotatable bonds is 5. The van der Waals surface area contributed by atoms with Gasteiger partial charge in [0.05, 0.1) is 28.4 Å². The van der Waals surface area contributed by atoms with Crippen molar-refractivity contribution in [1.82, 2.24) is 5.43 Å². The van der Waals surface area contributed by atoms with Crippen molar-refractivity contribution in [2.24, 2.45) is 5.10 Å². The highest BCUT2D eigenvalue weighted by Gasteiger charge is 2.18. The normalized spacial score (nSPS) is 10.8. The number of halogens is 1. The number of benzene rings is 3. The van der Waals surface area contributed by atoms with Gasteiger partial charge in [0.15, 0.2) is 0 Å². The first kappa shape index (κ1) is 23.4. The largest absolute Gasteiger partial charge is 0.463 e. The van der Waals surface area contributed by atoms with Crippen LogP contribution in [-0.4, -0.2) is 23.9 Å². The third-order valence-electron chi connectivity index (χ3n) is 4.79. The summed E-state index contributed by atoms with van der Waals surface area (Å²) in [7, 11) is 0. The predicted molar refractivity (Wildman–Crippen MR) is 133 cm³/mol. The molecule has 174 valence electrons. The van der Waals surface area contributed by atoms with E-state index >= 15 is 0 Å². The van der Waals surface area contributed by atoms with Crippen LogP contribution in [-0.2, 0) is 9.59 Å². The first-order valence-electron chi connectivity index (χ1n) is 10.2. The minimum Gasteiger partial charge on any atom is -0.463 e. The minimum atomic E-state index is -1.10. The number of amides is 3. The number of fused-ring (bicyclic) bond motifs is 1. The standard InChI is InChI=1S/C25H17ClN4O5/c26-16-10-11-21-19(12-16)22(31)15(14-35-21)13-27-30-25(34)24(33)29-20-9-5-4-8-18(20)23(32)28-17-6-2-1-3-7-17/h1-14H,(H,28,32)(H,29,33)(H,30,34)/b27-13+. The van der Waals surface area contributed by atoms with E-state index < -0.39 is 23.2 Å². The summed E-state index contributed by atoms with van der Waals surface area (Å²) in [6, 6.07) is 19.6. The molecule has 0 saturated carbocycles. The number of hydrazone groups is 1. The molecule has 1 aromatic heterocycles. The number of nitrogens with zero attached hydrogens (tertiary/aromatic N) is 1. The summed E-state index contributed by atoms with van der Waals surface area (Å²) in [5.41, 5.74) is 2.89. The maximum atomic E-state index is 12.6. The molecule has 0 spiro atoms. The average Bonchev–Trinajstić information content (AvgIpc) is 2.86. The Morgan fingerprint density at radius 1 is 0.886 bits per heavy atom. The van der Waals surface area contributed by atoms with Gasteiger partial charge in [-0.25, -0.2) is 5.43 Å². The highest BCUT2D eigenvalue weighted by atomic mass is 35.5. The van der Waals surface area contributed by atoms with Gasteiger partial charge in [-0.3, -0.25) is 19.2 Å². The van der Waals surface area contributed by atoms with Crippen LogP contribution < -0.4 is 21.5 Å². The van der Waals surface area contributed by atoms with Gasteiger partial charge in [0.2, 0.25) is 5.43 Å². The maximum absolute atomic E-state index is 12.6. The van der Waals surface area contributed by atoms with E-state index in [9.17, 15) is 19.2 Å². The van der Waals surface area contributed by atoms with Crippen LogP contribution in [0.1, 0.15) is 15.9 Å². The lowest BCUT2D eigenvalue weighted by Crippen LogP contribution is -2.33. The van der Waals surface area contributed by atoms with Gasteiger partial charge in [-0.2, -0.15) is 5.10 Å². The fourth-order valence-corrected chi connectivity index (χ4v) is 3.28. The lowest BCUT2D eigenvalue weighted by atomic mass is 10.1. The predicted octanol–water partition coefficient (Wildman–Crippen LogP) is 3.79. The molecule has 1 heterocycles. The zero-order chi connectivity index (χ0) is 24.8. The molecule has 3 aromatic carbocycles. The summed E-state index contributed by atoms with van der Waals surface area (Å²) >= 11 is 5.92. The second-order valence-corrected chi connectivity index (χ2v) is 7.62. The topological polar surface area (TPSA) is 130 Å². The molecule has 3 amide bonds. The Bertz CT molecular complexity index is 1520. The Morgan fingerprint density at radius 3 is 2.43 bits per heavy atom. The third kappa shape index (κ3) is 5.60. The molecule has 35 heavy (non-hydrogen) atoms. The summed E-state index contributed by atoms with van der Waals surface area (Å²) in [6.07, 6.45) is 2.23. The molecule has 4 rings (SSSR count). The number of hydrogen-bond acceptors (Lipinski definition) is 6. The van der Waals surface area contributed by atoms with E-state index in [1.807, 2.05) is 11.5 Å². The fourth-order valence-electron chi connectivity index (χ4n) is 3.11. The number of carbonyl (C=O) groups is 3. The Balaban J connectivity index is 1.42. The molecule has 9 nitrogen and oxygen atoms in total. The highest BCUT2D eigenvalue weighted by Crippen LogP contribution is 2.18. The van der Waals surface area contributed by atoms with Crippen molar-refractivity contribution in [3.8, 4) is 0 Å². The van der Waals surface area contributed by atoms with E-state index in [-0.39, 0.29) is 22.2 Å². The summed E-state index contributed by atoms with van der Waals surface area (Å²) in [5, 5.41) is 9.36. The van der Waals surface area contributed by atoms with Crippen LogP contribution in [0.4, 0.5) is 11.4 Å². The summed E-state index contributed by atoms with van der Waals surface area (Å²) < 4.78 is 5.36. The molecular weight excluding hydrogens is 472 g/mol. The van der Waals surface area contributed by atoms with Crippen LogP contribution in [0.2, 0.25) is 5.02 Å². The van der Waals surface area contributed by atoms with Gasteiger partial charge in [-0.05, 0) is 42.5 Å². The molecule has 0 bridgehead atoms. The Morgan fingerprint density at radius 2 is 1.63 bits per heavy atom. The van der Waals surface area contributed by atoms with Crippen LogP contribution in [0.5, 0.6) is 0 Å². The average molecular weight is 489 g/mol. The van der Waals surface area contributed by atoms with Gasteiger partial charge >= 0.3 is 11.8 Å². The van der Waals surface area contributed by atoms with Crippen LogP contribution >= 0.6 is 11.6 Å². The van der Waals surface area contributed by atoms with Crippen molar-refractivity contribution in [3.63, 3.8) is 0 Å². The fraction of sp³-hybridized carbons (Fsp3) is 0. The van der Waals surface area contributed by atoms with Crippen molar-refractivity contribution in [2.45, 2.75) is 0 Å². The summed E-state index contributed by atoms with van der Waals surface area (Å²) in [5.74, 6) is -2.62. The molecule has 0 atom stereocenters. The second-order valence-electron chi connectivity index (χ2n) is 7.18. The van der Waals surface area contributed by atoms with Crippen molar-refractivity contribution >= 4 is 57.9 Å². The monoisotopic (exact) mass is 488 g/mol. The first-order valence-corrected chi connectivity index (χ1v) is 10.6.